The van der Waals surface area contributed by atoms with Crippen LogP contribution in [0.15, 0.2) is 42.5 Å². The van der Waals surface area contributed by atoms with Crippen molar-refractivity contribution in [2.45, 2.75) is 33.5 Å². The van der Waals surface area contributed by atoms with Crippen molar-refractivity contribution < 1.29 is 57.1 Å². The van der Waals surface area contributed by atoms with Crippen LogP contribution in [0.1, 0.15) is 40.4 Å². The number of esters is 1. The molecule has 3 aromatic rings. The second kappa shape index (κ2) is 10.2. The number of aromatic nitrogens is 2. The summed E-state index contributed by atoms with van der Waals surface area (Å²) in [6.45, 7) is 5.79. The monoisotopic (exact) mass is 605 g/mol. The van der Waals surface area contributed by atoms with Crippen LogP contribution in [0.4, 0.5) is 0 Å². The average Bonchev–Trinajstić information content (AvgIpc) is 3.26. The van der Waals surface area contributed by atoms with Crippen molar-refractivity contribution in [3.8, 4) is 5.75 Å². The van der Waals surface area contributed by atoms with Gasteiger partial charge in [0.2, 0.25) is 0 Å². The van der Waals surface area contributed by atoms with E-state index in [0.29, 0.717) is 43.2 Å². The Hall–Kier alpha value is -2.99. The Balaban J connectivity index is 0.00000304. The molecule has 0 bridgehead atoms. The standard InChI is InChI=1S/C26H28N3O6.HI/c1-4-27-21-10-9-18(33-3)11-22(21)29(13-26(14-34-15-26)16-35-17(2)30)23(27)12-28-24(31)19-7-5-6-8-20(19)25(28)32;/h5-11H,4,12-16H2,1-3H3;1H/q+1;/p-1. The number of rotatable bonds is 8. The summed E-state index contributed by atoms with van der Waals surface area (Å²) in [5.41, 5.74) is 2.31. The summed E-state index contributed by atoms with van der Waals surface area (Å²) in [5.74, 6) is 0.559. The van der Waals surface area contributed by atoms with E-state index in [0.717, 1.165) is 16.9 Å². The minimum Gasteiger partial charge on any atom is -1.00 e. The highest BCUT2D eigenvalue weighted by Crippen LogP contribution is 2.34. The number of methoxy groups -OCH3 is 1. The number of imidazole rings is 1. The molecule has 0 spiro atoms. The molecule has 0 unspecified atom stereocenters. The summed E-state index contributed by atoms with van der Waals surface area (Å²) in [7, 11) is 1.62. The summed E-state index contributed by atoms with van der Waals surface area (Å²) in [6, 6.07) is 12.7. The van der Waals surface area contributed by atoms with E-state index < -0.39 is 5.41 Å². The molecule has 2 aliphatic heterocycles. The van der Waals surface area contributed by atoms with Gasteiger partial charge in [-0.15, -0.1) is 0 Å². The van der Waals surface area contributed by atoms with Crippen LogP contribution in [0.5, 0.6) is 5.75 Å². The molecule has 1 saturated heterocycles. The zero-order valence-corrected chi connectivity index (χ0v) is 22.6. The van der Waals surface area contributed by atoms with Gasteiger partial charge in [0.15, 0.2) is 11.0 Å². The predicted molar refractivity (Wildman–Crippen MR) is 125 cm³/mol. The van der Waals surface area contributed by atoms with Crippen LogP contribution in [0.3, 0.4) is 0 Å². The summed E-state index contributed by atoms with van der Waals surface area (Å²) >= 11 is 0. The smallest absolute Gasteiger partial charge is 0.302 e. The first-order chi connectivity index (χ1) is 16.9. The van der Waals surface area contributed by atoms with Crippen molar-refractivity contribution in [3.63, 3.8) is 0 Å². The molecule has 5 rings (SSSR count). The molecule has 1 fully saturated rings. The lowest BCUT2D eigenvalue weighted by molar-refractivity contribution is -0.677. The average molecular weight is 605 g/mol. The Labute approximate surface area is 225 Å². The fourth-order valence-corrected chi connectivity index (χ4v) is 4.92. The zero-order valence-electron chi connectivity index (χ0n) is 20.5. The van der Waals surface area contributed by atoms with Gasteiger partial charge >= 0.3 is 5.97 Å². The maximum absolute atomic E-state index is 13.2. The Kier molecular flexibility index (Phi) is 7.37. The van der Waals surface area contributed by atoms with E-state index in [4.69, 9.17) is 14.2 Å². The number of carbonyl (C=O) groups excluding carboxylic acids is 3. The first-order valence-electron chi connectivity index (χ1n) is 11.6. The van der Waals surface area contributed by atoms with Crippen LogP contribution < -0.4 is 33.3 Å². The van der Waals surface area contributed by atoms with Gasteiger partial charge in [-0.2, -0.15) is 0 Å². The zero-order chi connectivity index (χ0) is 24.7. The topological polar surface area (TPSA) is 91.0 Å². The largest absolute Gasteiger partial charge is 1.00 e. The molecule has 0 N–H and O–H groups in total. The third-order valence-electron chi connectivity index (χ3n) is 6.77. The molecule has 3 heterocycles. The van der Waals surface area contributed by atoms with E-state index in [9.17, 15) is 14.4 Å². The summed E-state index contributed by atoms with van der Waals surface area (Å²) < 4.78 is 20.6. The molecule has 190 valence electrons. The molecule has 10 heteroatoms. The number of hydrogen-bond donors (Lipinski definition) is 0. The minimum absolute atomic E-state index is 0. The van der Waals surface area contributed by atoms with E-state index in [1.807, 2.05) is 25.1 Å². The first kappa shape index (κ1) is 26.1. The van der Waals surface area contributed by atoms with Crippen LogP contribution in [0.2, 0.25) is 0 Å². The second-order valence-electron chi connectivity index (χ2n) is 9.12. The highest BCUT2D eigenvalue weighted by molar-refractivity contribution is 6.21. The maximum Gasteiger partial charge on any atom is 0.302 e. The minimum atomic E-state index is -0.400. The first-order valence-corrected chi connectivity index (χ1v) is 11.6. The number of carbonyl (C=O) groups is 3. The number of halogens is 1. The van der Waals surface area contributed by atoms with E-state index in [1.54, 1.807) is 31.4 Å². The molecular formula is C26H28IN3O6. The Morgan fingerprint density at radius 1 is 1.11 bits per heavy atom. The van der Waals surface area contributed by atoms with E-state index in [2.05, 4.69) is 9.13 Å². The van der Waals surface area contributed by atoms with Crippen LogP contribution in [-0.2, 0) is 33.9 Å². The van der Waals surface area contributed by atoms with Crippen LogP contribution in [0, 0.1) is 5.41 Å². The molecule has 2 aliphatic rings. The third-order valence-corrected chi connectivity index (χ3v) is 6.77. The van der Waals surface area contributed by atoms with Crippen molar-refractivity contribution in [3.05, 3.63) is 59.4 Å². The highest BCUT2D eigenvalue weighted by atomic mass is 127. The summed E-state index contributed by atoms with van der Waals surface area (Å²) in [6.07, 6.45) is 0. The van der Waals surface area contributed by atoms with E-state index in [1.165, 1.54) is 11.8 Å². The molecule has 9 nitrogen and oxygen atoms in total. The number of imide groups is 1. The quantitative estimate of drug-likeness (QED) is 0.147. The van der Waals surface area contributed by atoms with Gasteiger partial charge < -0.3 is 38.2 Å². The third kappa shape index (κ3) is 4.36. The van der Waals surface area contributed by atoms with Gasteiger partial charge in [0.05, 0.1) is 43.4 Å². The van der Waals surface area contributed by atoms with Crippen LogP contribution in [-0.4, -0.2) is 54.2 Å². The molecule has 0 radical (unpaired) electrons. The van der Waals surface area contributed by atoms with Gasteiger partial charge in [0.25, 0.3) is 17.6 Å². The van der Waals surface area contributed by atoms with Gasteiger partial charge in [-0.25, -0.2) is 9.13 Å². The van der Waals surface area contributed by atoms with Crippen molar-refractivity contribution in [2.24, 2.45) is 5.41 Å². The lowest BCUT2D eigenvalue weighted by Gasteiger charge is -2.39. The molecule has 0 saturated carbocycles. The van der Waals surface area contributed by atoms with Crippen LogP contribution in [0.25, 0.3) is 11.0 Å². The fourth-order valence-electron chi connectivity index (χ4n) is 4.92. The number of ether oxygens (including phenoxy) is 3. The molecule has 1 aromatic heterocycles. The Bertz CT molecular complexity index is 1310. The second-order valence-corrected chi connectivity index (χ2v) is 9.12. The molecule has 0 aliphatic carbocycles. The lowest BCUT2D eigenvalue weighted by atomic mass is 9.86. The van der Waals surface area contributed by atoms with Gasteiger partial charge in [0, 0.05) is 13.0 Å². The van der Waals surface area contributed by atoms with Gasteiger partial charge in [0.1, 0.15) is 25.4 Å². The Morgan fingerprint density at radius 3 is 2.31 bits per heavy atom. The van der Waals surface area contributed by atoms with Gasteiger partial charge in [-0.1, -0.05) is 12.1 Å². The van der Waals surface area contributed by atoms with Gasteiger partial charge in [-0.05, 0) is 31.2 Å². The summed E-state index contributed by atoms with van der Waals surface area (Å²) in [4.78, 5) is 39.1. The molecule has 2 aromatic carbocycles. The number of fused-ring (bicyclic) bond motifs is 2. The Morgan fingerprint density at radius 2 is 1.78 bits per heavy atom. The van der Waals surface area contributed by atoms with Crippen molar-refractivity contribution in [1.29, 1.82) is 0 Å². The van der Waals surface area contributed by atoms with Crippen molar-refractivity contribution in [1.82, 2.24) is 9.47 Å². The molecule has 36 heavy (non-hydrogen) atoms. The molecule has 0 atom stereocenters. The normalized spacial score (nSPS) is 15.9. The number of benzene rings is 2. The highest BCUT2D eigenvalue weighted by Gasteiger charge is 2.45. The number of hydrogen-bond acceptors (Lipinski definition) is 6. The van der Waals surface area contributed by atoms with E-state index in [-0.39, 0.29) is 54.9 Å². The number of nitrogens with zero attached hydrogens (tertiary/aromatic N) is 3. The van der Waals surface area contributed by atoms with Crippen molar-refractivity contribution >= 4 is 28.8 Å². The predicted octanol–water partition coefficient (Wildman–Crippen LogP) is -0.663. The maximum atomic E-state index is 13.2. The van der Waals surface area contributed by atoms with Crippen molar-refractivity contribution in [2.75, 3.05) is 26.9 Å². The number of amides is 2. The van der Waals surface area contributed by atoms with Crippen LogP contribution >= 0.6 is 0 Å². The lowest BCUT2D eigenvalue weighted by Crippen LogP contribution is -3.00. The fraction of sp³-hybridized carbons (Fsp3) is 0.385. The summed E-state index contributed by atoms with van der Waals surface area (Å²) in [5, 5.41) is 0. The molecular weight excluding hydrogens is 577 g/mol. The van der Waals surface area contributed by atoms with E-state index >= 15 is 0 Å². The molecule has 2 amide bonds. The SMILES string of the molecule is CC[n+]1c(CN2C(=O)c3ccccc3C2=O)n(CC2(COC(C)=O)COC2)c2cc(OC)ccc21.[I-]. The van der Waals surface area contributed by atoms with Gasteiger partial charge in [-0.3, -0.25) is 19.3 Å². The number of aryl methyl sites for hydroxylation is 1.